The molecule has 2 unspecified atom stereocenters. The third-order valence-electron chi connectivity index (χ3n) is 3.87. The summed E-state index contributed by atoms with van der Waals surface area (Å²) >= 11 is 0. The Balaban J connectivity index is 1.79. The van der Waals surface area contributed by atoms with Gasteiger partial charge in [0.25, 0.3) is 0 Å². The van der Waals surface area contributed by atoms with Crippen molar-refractivity contribution in [2.24, 2.45) is 0 Å². The summed E-state index contributed by atoms with van der Waals surface area (Å²) in [6.07, 6.45) is 3.44. The van der Waals surface area contributed by atoms with Gasteiger partial charge >= 0.3 is 0 Å². The van der Waals surface area contributed by atoms with Gasteiger partial charge in [-0.2, -0.15) is 0 Å². The first-order valence-electron chi connectivity index (χ1n) is 7.01. The first-order chi connectivity index (χ1) is 9.22. The predicted octanol–water partition coefficient (Wildman–Crippen LogP) is 2.40. The highest BCUT2D eigenvalue weighted by molar-refractivity contribution is 5.96. The molecule has 2 aliphatic rings. The Morgan fingerprint density at radius 1 is 1.37 bits per heavy atom. The van der Waals surface area contributed by atoms with E-state index in [0.717, 1.165) is 37.3 Å². The smallest absolute Gasteiger partial charge is 0.226 e. The molecular weight excluding hydrogens is 240 g/mol. The van der Waals surface area contributed by atoms with Gasteiger partial charge in [0.1, 0.15) is 0 Å². The van der Waals surface area contributed by atoms with E-state index >= 15 is 0 Å². The zero-order chi connectivity index (χ0) is 13.2. The second kappa shape index (κ2) is 5.21. The van der Waals surface area contributed by atoms with E-state index in [-0.39, 0.29) is 12.0 Å². The van der Waals surface area contributed by atoms with E-state index in [2.05, 4.69) is 23.2 Å². The van der Waals surface area contributed by atoms with Crippen molar-refractivity contribution in [2.45, 2.75) is 38.4 Å². The lowest BCUT2D eigenvalue weighted by Gasteiger charge is -2.27. The molecule has 4 heteroatoms. The molecule has 1 N–H and O–H groups in total. The minimum atomic E-state index is 0.0932. The van der Waals surface area contributed by atoms with Crippen molar-refractivity contribution in [3.63, 3.8) is 0 Å². The molecule has 4 nitrogen and oxygen atoms in total. The lowest BCUT2D eigenvalue weighted by atomic mass is 10.1. The average molecular weight is 260 g/mol. The number of carbonyl (C=O) groups is 1. The number of ether oxygens (including phenoxy) is 1. The largest absolute Gasteiger partial charge is 0.373 e. The van der Waals surface area contributed by atoms with E-state index in [9.17, 15) is 4.79 Å². The second-order valence-electron chi connectivity index (χ2n) is 5.41. The first kappa shape index (κ1) is 12.5. The molecule has 1 fully saturated rings. The number of rotatable bonds is 2. The third kappa shape index (κ3) is 2.73. The number of hydrogen-bond donors (Lipinski definition) is 1. The zero-order valence-electron chi connectivity index (χ0n) is 11.3. The molecule has 0 saturated carbocycles. The predicted molar refractivity (Wildman–Crippen MR) is 75.5 cm³/mol. The first-order valence-corrected chi connectivity index (χ1v) is 7.01. The summed E-state index contributed by atoms with van der Waals surface area (Å²) in [7, 11) is 0. The maximum absolute atomic E-state index is 11.7. The quantitative estimate of drug-likeness (QED) is 0.887. The van der Waals surface area contributed by atoms with E-state index in [1.165, 1.54) is 0 Å². The number of nitrogens with one attached hydrogen (secondary N) is 1. The number of amides is 1. The molecule has 1 aromatic carbocycles. The van der Waals surface area contributed by atoms with E-state index in [1.807, 2.05) is 18.2 Å². The van der Waals surface area contributed by atoms with Crippen molar-refractivity contribution < 1.29 is 9.53 Å². The molecule has 102 valence electrons. The van der Waals surface area contributed by atoms with Gasteiger partial charge in [-0.05, 0) is 31.9 Å². The Labute approximate surface area is 113 Å². The summed E-state index contributed by atoms with van der Waals surface area (Å²) in [5.74, 6) is 0.0932. The zero-order valence-corrected chi connectivity index (χ0v) is 11.3. The van der Waals surface area contributed by atoms with Crippen LogP contribution >= 0.6 is 0 Å². The molecule has 0 aliphatic carbocycles. The molecule has 0 radical (unpaired) electrons. The van der Waals surface area contributed by atoms with Gasteiger partial charge < -0.3 is 15.0 Å². The minimum absolute atomic E-state index is 0.0932. The van der Waals surface area contributed by atoms with Crippen molar-refractivity contribution >= 4 is 17.3 Å². The van der Waals surface area contributed by atoms with Gasteiger partial charge in [-0.1, -0.05) is 12.1 Å². The number of benzene rings is 1. The molecule has 0 aromatic heterocycles. The van der Waals surface area contributed by atoms with Crippen LogP contribution in [-0.4, -0.2) is 31.2 Å². The van der Waals surface area contributed by atoms with Gasteiger partial charge in [-0.3, -0.25) is 4.79 Å². The summed E-state index contributed by atoms with van der Waals surface area (Å²) in [4.78, 5) is 14.0. The van der Waals surface area contributed by atoms with Crippen LogP contribution in [0.5, 0.6) is 0 Å². The Hall–Kier alpha value is -1.55. The monoisotopic (exact) mass is 260 g/mol. The van der Waals surface area contributed by atoms with Crippen LogP contribution in [0.25, 0.3) is 0 Å². The van der Waals surface area contributed by atoms with Crippen LogP contribution in [0.4, 0.5) is 11.4 Å². The summed E-state index contributed by atoms with van der Waals surface area (Å²) < 4.78 is 5.90. The van der Waals surface area contributed by atoms with Crippen LogP contribution in [0.1, 0.15) is 26.2 Å². The minimum Gasteiger partial charge on any atom is -0.373 e. The lowest BCUT2D eigenvalue weighted by Crippen LogP contribution is -2.33. The number of fused-ring (bicyclic) bond motifs is 1. The Morgan fingerprint density at radius 2 is 2.21 bits per heavy atom. The van der Waals surface area contributed by atoms with Gasteiger partial charge in [0.15, 0.2) is 0 Å². The normalized spacial score (nSPS) is 26.8. The van der Waals surface area contributed by atoms with Gasteiger partial charge in [0, 0.05) is 19.5 Å². The second-order valence-corrected chi connectivity index (χ2v) is 5.41. The molecule has 2 atom stereocenters. The maximum atomic E-state index is 11.7. The van der Waals surface area contributed by atoms with Gasteiger partial charge in [-0.15, -0.1) is 0 Å². The standard InChI is InChI=1S/C15H20N2O2/c1-11-6-7-12(19-11)10-17-9-8-15(18)16-13-4-2-3-5-14(13)17/h2-5,11-12H,6-10H2,1H3,(H,16,18). The molecule has 2 heterocycles. The number of hydrogen-bond acceptors (Lipinski definition) is 3. The van der Waals surface area contributed by atoms with E-state index in [0.29, 0.717) is 12.5 Å². The van der Waals surface area contributed by atoms with Crippen molar-refractivity contribution in [2.75, 3.05) is 23.3 Å². The number of anilines is 2. The van der Waals surface area contributed by atoms with Crippen molar-refractivity contribution in [1.82, 2.24) is 0 Å². The fourth-order valence-electron chi connectivity index (χ4n) is 2.88. The van der Waals surface area contributed by atoms with E-state index in [1.54, 1.807) is 0 Å². The Morgan fingerprint density at radius 3 is 3.00 bits per heavy atom. The number of carbonyl (C=O) groups excluding carboxylic acids is 1. The molecule has 1 aromatic rings. The van der Waals surface area contributed by atoms with Crippen LogP contribution in [-0.2, 0) is 9.53 Å². The van der Waals surface area contributed by atoms with Gasteiger partial charge in [-0.25, -0.2) is 0 Å². The highest BCUT2D eigenvalue weighted by Gasteiger charge is 2.26. The van der Waals surface area contributed by atoms with Crippen molar-refractivity contribution in [3.05, 3.63) is 24.3 Å². The molecule has 0 spiro atoms. The van der Waals surface area contributed by atoms with Gasteiger partial charge in [0.2, 0.25) is 5.91 Å². The Bertz CT molecular complexity index is 475. The lowest BCUT2D eigenvalue weighted by molar-refractivity contribution is -0.116. The Kier molecular flexibility index (Phi) is 3.42. The van der Waals surface area contributed by atoms with E-state index in [4.69, 9.17) is 4.74 Å². The van der Waals surface area contributed by atoms with Crippen LogP contribution in [0.3, 0.4) is 0 Å². The van der Waals surface area contributed by atoms with Crippen molar-refractivity contribution in [3.8, 4) is 0 Å². The van der Waals surface area contributed by atoms with Crippen LogP contribution < -0.4 is 10.2 Å². The molecule has 1 saturated heterocycles. The summed E-state index contributed by atoms with van der Waals surface area (Å²) in [5, 5.41) is 2.96. The van der Waals surface area contributed by atoms with Crippen LogP contribution in [0.2, 0.25) is 0 Å². The number of nitrogens with zero attached hydrogens (tertiary/aromatic N) is 1. The maximum Gasteiger partial charge on any atom is 0.226 e. The molecular formula is C15H20N2O2. The summed E-state index contributed by atoms with van der Waals surface area (Å²) in [6, 6.07) is 8.00. The fraction of sp³-hybridized carbons (Fsp3) is 0.533. The van der Waals surface area contributed by atoms with E-state index < -0.39 is 0 Å². The molecule has 0 bridgehead atoms. The molecule has 19 heavy (non-hydrogen) atoms. The summed E-state index contributed by atoms with van der Waals surface area (Å²) in [6.45, 7) is 3.76. The SMILES string of the molecule is CC1CCC(CN2CCC(=O)Nc3ccccc32)O1. The average Bonchev–Trinajstić information content (AvgIpc) is 2.73. The van der Waals surface area contributed by atoms with Crippen molar-refractivity contribution in [1.29, 1.82) is 0 Å². The van der Waals surface area contributed by atoms with Gasteiger partial charge in [0.05, 0.1) is 23.6 Å². The summed E-state index contributed by atoms with van der Waals surface area (Å²) in [5.41, 5.74) is 2.02. The van der Waals surface area contributed by atoms with Crippen LogP contribution in [0.15, 0.2) is 24.3 Å². The van der Waals surface area contributed by atoms with Crippen LogP contribution in [0, 0.1) is 0 Å². The fourth-order valence-corrected chi connectivity index (χ4v) is 2.88. The molecule has 3 rings (SSSR count). The third-order valence-corrected chi connectivity index (χ3v) is 3.87. The number of para-hydroxylation sites is 2. The highest BCUT2D eigenvalue weighted by atomic mass is 16.5. The topological polar surface area (TPSA) is 41.6 Å². The molecule has 1 amide bonds. The molecule has 2 aliphatic heterocycles. The highest BCUT2D eigenvalue weighted by Crippen LogP contribution is 2.30.